The first-order valence-corrected chi connectivity index (χ1v) is 8.62. The van der Waals surface area contributed by atoms with Gasteiger partial charge in [0.05, 0.1) is 11.2 Å². The summed E-state index contributed by atoms with van der Waals surface area (Å²) in [5.74, 6) is -0.611. The third kappa shape index (κ3) is 3.67. The average Bonchev–Trinajstić information content (AvgIpc) is 2.62. The van der Waals surface area contributed by atoms with Crippen LogP contribution in [-0.4, -0.2) is 61.5 Å². The van der Waals surface area contributed by atoms with Gasteiger partial charge in [0, 0.05) is 45.0 Å². The zero-order chi connectivity index (χ0) is 18.0. The Labute approximate surface area is 146 Å². The summed E-state index contributed by atoms with van der Waals surface area (Å²) in [7, 11) is 0. The smallest absolute Gasteiger partial charge is 0.242 e. The summed E-state index contributed by atoms with van der Waals surface area (Å²) in [6.07, 6.45) is 1.07. The van der Waals surface area contributed by atoms with Crippen LogP contribution in [0.5, 0.6) is 0 Å². The Kier molecular flexibility index (Phi) is 5.06. The first kappa shape index (κ1) is 17.8. The van der Waals surface area contributed by atoms with E-state index in [-0.39, 0.29) is 11.7 Å². The van der Waals surface area contributed by atoms with E-state index in [0.717, 1.165) is 0 Å². The first-order valence-electron chi connectivity index (χ1n) is 8.62. The van der Waals surface area contributed by atoms with Crippen LogP contribution < -0.4 is 10.6 Å². The molecule has 0 aliphatic carbocycles. The van der Waals surface area contributed by atoms with Gasteiger partial charge in [-0.3, -0.25) is 9.59 Å². The maximum absolute atomic E-state index is 14.3. The molecule has 1 aromatic carbocycles. The maximum Gasteiger partial charge on any atom is 0.242 e. The minimum Gasteiger partial charge on any atom is -0.381 e. The van der Waals surface area contributed by atoms with Crippen molar-refractivity contribution in [3.8, 4) is 0 Å². The van der Waals surface area contributed by atoms with Gasteiger partial charge in [-0.05, 0) is 38.0 Å². The molecular weight excluding hydrogens is 325 g/mol. The molecule has 0 atom stereocenters. The Bertz CT molecular complexity index is 666. The lowest BCUT2D eigenvalue weighted by Crippen LogP contribution is -2.61. The fourth-order valence-electron chi connectivity index (χ4n) is 3.40. The summed E-state index contributed by atoms with van der Waals surface area (Å²) in [6.45, 7) is 4.52. The first-order chi connectivity index (χ1) is 11.9. The van der Waals surface area contributed by atoms with E-state index in [1.165, 1.54) is 13.0 Å². The molecule has 1 amide bonds. The van der Waals surface area contributed by atoms with E-state index < -0.39 is 11.4 Å². The molecule has 1 aromatic rings. The fraction of sp³-hybridized carbons (Fsp3) is 0.556. The van der Waals surface area contributed by atoms with E-state index in [1.807, 2.05) is 4.90 Å². The van der Waals surface area contributed by atoms with Gasteiger partial charge in [-0.1, -0.05) is 0 Å². The van der Waals surface area contributed by atoms with Crippen LogP contribution in [0.4, 0.5) is 10.1 Å². The molecule has 136 valence electrons. The number of piperazine rings is 1. The van der Waals surface area contributed by atoms with E-state index in [1.54, 1.807) is 17.0 Å². The van der Waals surface area contributed by atoms with Crippen molar-refractivity contribution in [1.82, 2.24) is 4.90 Å². The number of benzene rings is 1. The quantitative estimate of drug-likeness (QED) is 0.830. The second kappa shape index (κ2) is 7.09. The lowest BCUT2D eigenvalue weighted by atomic mass is 9.89. The van der Waals surface area contributed by atoms with Gasteiger partial charge in [-0.25, -0.2) is 4.39 Å². The highest BCUT2D eigenvalue weighted by Crippen LogP contribution is 2.25. The number of hydrogen-bond donors (Lipinski definition) is 1. The Morgan fingerprint density at radius 1 is 1.16 bits per heavy atom. The lowest BCUT2D eigenvalue weighted by Gasteiger charge is -2.41. The molecule has 0 unspecified atom stereocenters. The minimum absolute atomic E-state index is 0.0390. The van der Waals surface area contributed by atoms with Gasteiger partial charge in [0.2, 0.25) is 5.91 Å². The molecule has 2 heterocycles. The predicted octanol–water partition coefficient (Wildman–Crippen LogP) is 1.18. The number of nitrogens with zero attached hydrogens (tertiary/aromatic N) is 2. The minimum atomic E-state index is -0.838. The molecule has 6 nitrogen and oxygen atoms in total. The highest BCUT2D eigenvalue weighted by molar-refractivity contribution is 5.94. The number of rotatable bonds is 3. The molecule has 2 fully saturated rings. The summed E-state index contributed by atoms with van der Waals surface area (Å²) in [5, 5.41) is 0. The standard InChI is InChI=1S/C18H24FN3O3/c1-13(23)14-2-3-16(15(19)12-14)21-6-8-22(9-7-21)17(24)18(20)4-10-25-11-5-18/h2-3,12H,4-11,20H2,1H3. The summed E-state index contributed by atoms with van der Waals surface area (Å²) in [5.41, 5.74) is 6.26. The van der Waals surface area contributed by atoms with Crippen molar-refractivity contribution in [3.05, 3.63) is 29.6 Å². The molecule has 2 aliphatic heterocycles. The third-order valence-corrected chi connectivity index (χ3v) is 5.07. The van der Waals surface area contributed by atoms with Crippen LogP contribution >= 0.6 is 0 Å². The molecule has 0 saturated carbocycles. The molecular formula is C18H24FN3O3. The number of carbonyl (C=O) groups is 2. The Balaban J connectivity index is 1.64. The van der Waals surface area contributed by atoms with Crippen molar-refractivity contribution in [3.63, 3.8) is 0 Å². The number of nitrogens with two attached hydrogens (primary N) is 1. The monoisotopic (exact) mass is 349 g/mol. The van der Waals surface area contributed by atoms with Gasteiger partial charge < -0.3 is 20.3 Å². The summed E-state index contributed by atoms with van der Waals surface area (Å²) < 4.78 is 19.6. The normalized spacial score (nSPS) is 20.4. The van der Waals surface area contributed by atoms with E-state index in [2.05, 4.69) is 0 Å². The topological polar surface area (TPSA) is 75.9 Å². The van der Waals surface area contributed by atoms with Crippen LogP contribution in [0, 0.1) is 5.82 Å². The van der Waals surface area contributed by atoms with E-state index in [9.17, 15) is 14.0 Å². The van der Waals surface area contributed by atoms with Gasteiger partial charge in [-0.2, -0.15) is 0 Å². The van der Waals surface area contributed by atoms with Crippen molar-refractivity contribution >= 4 is 17.4 Å². The number of ether oxygens (including phenoxy) is 1. The molecule has 2 saturated heterocycles. The van der Waals surface area contributed by atoms with Crippen molar-refractivity contribution < 1.29 is 18.7 Å². The molecule has 3 rings (SSSR count). The van der Waals surface area contributed by atoms with Crippen LogP contribution in [0.2, 0.25) is 0 Å². The second-order valence-electron chi connectivity index (χ2n) is 6.77. The molecule has 2 aliphatic rings. The number of Topliss-reactive ketones (excluding diaryl/α,β-unsaturated/α-hetero) is 1. The van der Waals surface area contributed by atoms with E-state index in [0.29, 0.717) is 63.5 Å². The SMILES string of the molecule is CC(=O)c1ccc(N2CCN(C(=O)C3(N)CCOCC3)CC2)c(F)c1. The van der Waals surface area contributed by atoms with Crippen molar-refractivity contribution in [2.24, 2.45) is 5.73 Å². The molecule has 0 bridgehead atoms. The summed E-state index contributed by atoms with van der Waals surface area (Å²) >= 11 is 0. The Morgan fingerprint density at radius 2 is 1.80 bits per heavy atom. The predicted molar refractivity (Wildman–Crippen MR) is 92.2 cm³/mol. The summed E-state index contributed by atoms with van der Waals surface area (Å²) in [6, 6.07) is 4.54. The van der Waals surface area contributed by atoms with Crippen LogP contribution in [-0.2, 0) is 9.53 Å². The van der Waals surface area contributed by atoms with Crippen molar-refractivity contribution in [2.75, 3.05) is 44.3 Å². The highest BCUT2D eigenvalue weighted by atomic mass is 19.1. The van der Waals surface area contributed by atoms with Gasteiger partial charge in [-0.15, -0.1) is 0 Å². The average molecular weight is 349 g/mol. The zero-order valence-corrected chi connectivity index (χ0v) is 14.5. The van der Waals surface area contributed by atoms with Crippen molar-refractivity contribution in [1.29, 1.82) is 0 Å². The van der Waals surface area contributed by atoms with Gasteiger partial charge in [0.1, 0.15) is 5.82 Å². The number of hydrogen-bond acceptors (Lipinski definition) is 5. The molecule has 0 spiro atoms. The van der Waals surface area contributed by atoms with Crippen LogP contribution in [0.15, 0.2) is 18.2 Å². The lowest BCUT2D eigenvalue weighted by molar-refractivity contribution is -0.140. The largest absolute Gasteiger partial charge is 0.381 e. The number of anilines is 1. The number of amides is 1. The van der Waals surface area contributed by atoms with Crippen LogP contribution in [0.25, 0.3) is 0 Å². The maximum atomic E-state index is 14.3. The Morgan fingerprint density at radius 3 is 2.36 bits per heavy atom. The Hall–Kier alpha value is -1.99. The molecule has 25 heavy (non-hydrogen) atoms. The number of ketones is 1. The molecule has 7 heteroatoms. The van der Waals surface area contributed by atoms with E-state index >= 15 is 0 Å². The van der Waals surface area contributed by atoms with Crippen LogP contribution in [0.1, 0.15) is 30.1 Å². The van der Waals surface area contributed by atoms with Gasteiger partial charge in [0.15, 0.2) is 5.78 Å². The molecule has 0 aromatic heterocycles. The number of halogens is 1. The van der Waals surface area contributed by atoms with E-state index in [4.69, 9.17) is 10.5 Å². The third-order valence-electron chi connectivity index (χ3n) is 5.07. The summed E-state index contributed by atoms with van der Waals surface area (Å²) in [4.78, 5) is 27.7. The van der Waals surface area contributed by atoms with Crippen molar-refractivity contribution in [2.45, 2.75) is 25.3 Å². The van der Waals surface area contributed by atoms with Gasteiger partial charge >= 0.3 is 0 Å². The zero-order valence-electron chi connectivity index (χ0n) is 14.5. The molecule has 2 N–H and O–H groups in total. The number of carbonyl (C=O) groups excluding carboxylic acids is 2. The fourth-order valence-corrected chi connectivity index (χ4v) is 3.40. The van der Waals surface area contributed by atoms with Gasteiger partial charge in [0.25, 0.3) is 0 Å². The molecule has 0 radical (unpaired) electrons. The van der Waals surface area contributed by atoms with Crippen LogP contribution in [0.3, 0.4) is 0 Å². The second-order valence-corrected chi connectivity index (χ2v) is 6.77. The highest BCUT2D eigenvalue weighted by Gasteiger charge is 2.39.